The topological polar surface area (TPSA) is 12.5 Å². The Kier molecular flexibility index (Phi) is 3.52. The third-order valence-electron chi connectivity index (χ3n) is 1.80. The van der Waals surface area contributed by atoms with E-state index in [1.807, 2.05) is 0 Å². The van der Waals surface area contributed by atoms with Crippen LogP contribution in [-0.4, -0.2) is 36.6 Å². The lowest BCUT2D eigenvalue weighted by Crippen LogP contribution is -2.40. The lowest BCUT2D eigenvalue weighted by Gasteiger charge is -2.30. The Morgan fingerprint density at radius 3 is 2.60 bits per heavy atom. The molecule has 0 saturated carbocycles. The van der Waals surface area contributed by atoms with Crippen LogP contribution in [0, 0.1) is 0 Å². The van der Waals surface area contributed by atoms with Crippen LogP contribution in [0.15, 0.2) is 0 Å². The van der Waals surface area contributed by atoms with E-state index in [4.69, 9.17) is 17.4 Å². The van der Waals surface area contributed by atoms with Gasteiger partial charge in [-0.25, -0.2) is 0 Å². The van der Waals surface area contributed by atoms with Crippen LogP contribution in [-0.2, 0) is 4.74 Å². The Bertz CT molecular complexity index is 93.6. The van der Waals surface area contributed by atoms with E-state index in [0.29, 0.717) is 5.37 Å². The molecule has 1 radical (unpaired) electrons. The van der Waals surface area contributed by atoms with E-state index in [1.54, 1.807) is 0 Å². The number of morpholine rings is 1. The molecular weight excluding hydrogens is 146 g/mol. The van der Waals surface area contributed by atoms with Crippen LogP contribution in [0.3, 0.4) is 0 Å². The largest absolute Gasteiger partial charge is 0.379 e. The Morgan fingerprint density at radius 2 is 2.10 bits per heavy atom. The molecule has 1 saturated heterocycles. The first-order valence-electron chi connectivity index (χ1n) is 3.82. The molecule has 1 aliphatic rings. The standard InChI is InChI=1S/C7H14NOS/c1-2-7(10)8-3-5-9-6-4-8/h7H,2-6H2,1H3. The van der Waals surface area contributed by atoms with Crippen LogP contribution in [0.5, 0.6) is 0 Å². The quantitative estimate of drug-likeness (QED) is 0.603. The Balaban J connectivity index is 2.24. The Morgan fingerprint density at radius 1 is 1.50 bits per heavy atom. The lowest BCUT2D eigenvalue weighted by molar-refractivity contribution is 0.0324. The molecule has 0 aliphatic carbocycles. The zero-order valence-electron chi connectivity index (χ0n) is 6.38. The van der Waals surface area contributed by atoms with Gasteiger partial charge in [-0.1, -0.05) is 19.6 Å². The molecular formula is C7H14NOS. The highest BCUT2D eigenvalue weighted by molar-refractivity contribution is 7.80. The van der Waals surface area contributed by atoms with Crippen molar-refractivity contribution < 1.29 is 4.74 Å². The Labute approximate surface area is 68.0 Å². The van der Waals surface area contributed by atoms with Gasteiger partial charge in [0.15, 0.2) is 0 Å². The van der Waals surface area contributed by atoms with Gasteiger partial charge >= 0.3 is 0 Å². The van der Waals surface area contributed by atoms with Gasteiger partial charge in [0, 0.05) is 13.1 Å². The van der Waals surface area contributed by atoms with Crippen LogP contribution >= 0.6 is 12.6 Å². The number of rotatable bonds is 2. The molecule has 1 aliphatic heterocycles. The molecule has 0 bridgehead atoms. The zero-order chi connectivity index (χ0) is 7.40. The maximum Gasteiger partial charge on any atom is 0.0661 e. The number of hydrogen-bond acceptors (Lipinski definition) is 2. The van der Waals surface area contributed by atoms with Gasteiger partial charge in [0.2, 0.25) is 0 Å². The van der Waals surface area contributed by atoms with Crippen LogP contribution in [0.4, 0.5) is 0 Å². The minimum atomic E-state index is 0.323. The van der Waals surface area contributed by atoms with Gasteiger partial charge in [0.25, 0.3) is 0 Å². The summed E-state index contributed by atoms with van der Waals surface area (Å²) in [6.45, 7) is 5.87. The summed E-state index contributed by atoms with van der Waals surface area (Å²) < 4.78 is 5.21. The summed E-state index contributed by atoms with van der Waals surface area (Å²) in [5, 5.41) is 0.323. The molecule has 59 valence electrons. The van der Waals surface area contributed by atoms with Crippen LogP contribution in [0.1, 0.15) is 13.3 Å². The fourth-order valence-electron chi connectivity index (χ4n) is 1.12. The van der Waals surface area contributed by atoms with Gasteiger partial charge in [-0.15, -0.1) is 0 Å². The minimum Gasteiger partial charge on any atom is -0.379 e. The van der Waals surface area contributed by atoms with Crippen molar-refractivity contribution in [3.63, 3.8) is 0 Å². The smallest absolute Gasteiger partial charge is 0.0661 e. The highest BCUT2D eigenvalue weighted by Crippen LogP contribution is 2.09. The molecule has 1 rings (SSSR count). The molecule has 1 atom stereocenters. The van der Waals surface area contributed by atoms with Crippen LogP contribution in [0.2, 0.25) is 0 Å². The monoisotopic (exact) mass is 160 g/mol. The van der Waals surface area contributed by atoms with Crippen molar-refractivity contribution in [3.8, 4) is 0 Å². The van der Waals surface area contributed by atoms with Gasteiger partial charge < -0.3 is 4.74 Å². The summed E-state index contributed by atoms with van der Waals surface area (Å²) in [7, 11) is 0. The normalized spacial score (nSPS) is 24.6. The summed E-state index contributed by atoms with van der Waals surface area (Å²) in [6.07, 6.45) is 1.06. The second kappa shape index (κ2) is 4.21. The molecule has 1 heterocycles. The molecule has 1 unspecified atom stereocenters. The van der Waals surface area contributed by atoms with Gasteiger partial charge in [-0.05, 0) is 6.42 Å². The van der Waals surface area contributed by atoms with E-state index >= 15 is 0 Å². The number of nitrogens with zero attached hydrogens (tertiary/aromatic N) is 1. The highest BCUT2D eigenvalue weighted by Gasteiger charge is 2.15. The first kappa shape index (κ1) is 8.37. The second-order valence-corrected chi connectivity index (χ2v) is 3.06. The summed E-state index contributed by atoms with van der Waals surface area (Å²) >= 11 is 5.23. The average Bonchev–Trinajstić information content (AvgIpc) is 2.05. The van der Waals surface area contributed by atoms with Gasteiger partial charge in [0.05, 0.1) is 18.6 Å². The lowest BCUT2D eigenvalue weighted by atomic mass is 10.3. The van der Waals surface area contributed by atoms with Crippen molar-refractivity contribution in [2.45, 2.75) is 18.7 Å². The maximum atomic E-state index is 5.23. The van der Waals surface area contributed by atoms with Crippen molar-refractivity contribution in [3.05, 3.63) is 0 Å². The third-order valence-corrected chi connectivity index (χ3v) is 2.43. The van der Waals surface area contributed by atoms with E-state index in [0.717, 1.165) is 32.7 Å². The van der Waals surface area contributed by atoms with E-state index in [1.165, 1.54) is 0 Å². The van der Waals surface area contributed by atoms with Crippen molar-refractivity contribution in [1.82, 2.24) is 4.90 Å². The third kappa shape index (κ3) is 2.15. The highest BCUT2D eigenvalue weighted by atomic mass is 32.1. The SMILES string of the molecule is CCC([S])N1CCOCC1. The van der Waals surface area contributed by atoms with E-state index in [2.05, 4.69) is 11.8 Å². The fourth-order valence-corrected chi connectivity index (χ4v) is 1.33. The maximum absolute atomic E-state index is 5.23. The predicted molar refractivity (Wildman–Crippen MR) is 44.1 cm³/mol. The zero-order valence-corrected chi connectivity index (χ0v) is 7.19. The van der Waals surface area contributed by atoms with E-state index < -0.39 is 0 Å². The van der Waals surface area contributed by atoms with Gasteiger partial charge in [0.1, 0.15) is 0 Å². The Hall–Kier alpha value is 0.270. The van der Waals surface area contributed by atoms with Crippen molar-refractivity contribution in [1.29, 1.82) is 0 Å². The van der Waals surface area contributed by atoms with Crippen LogP contribution < -0.4 is 0 Å². The predicted octanol–water partition coefficient (Wildman–Crippen LogP) is 1.25. The van der Waals surface area contributed by atoms with Crippen molar-refractivity contribution in [2.24, 2.45) is 0 Å². The van der Waals surface area contributed by atoms with Crippen molar-refractivity contribution >= 4 is 12.6 Å². The van der Waals surface area contributed by atoms with E-state index in [-0.39, 0.29) is 0 Å². The summed E-state index contributed by atoms with van der Waals surface area (Å²) in [5.41, 5.74) is 0. The summed E-state index contributed by atoms with van der Waals surface area (Å²) in [4.78, 5) is 2.30. The molecule has 0 aromatic heterocycles. The molecule has 2 nitrogen and oxygen atoms in total. The minimum absolute atomic E-state index is 0.323. The second-order valence-electron chi connectivity index (χ2n) is 2.51. The molecule has 0 amide bonds. The number of ether oxygens (including phenoxy) is 1. The van der Waals surface area contributed by atoms with Gasteiger partial charge in [-0.2, -0.15) is 0 Å². The molecule has 3 heteroatoms. The molecule has 0 aromatic carbocycles. The summed E-state index contributed by atoms with van der Waals surface area (Å²) in [5.74, 6) is 0. The van der Waals surface area contributed by atoms with Crippen LogP contribution in [0.25, 0.3) is 0 Å². The fraction of sp³-hybridized carbons (Fsp3) is 1.00. The molecule has 1 fully saturated rings. The van der Waals surface area contributed by atoms with Gasteiger partial charge in [-0.3, -0.25) is 4.90 Å². The van der Waals surface area contributed by atoms with Crippen molar-refractivity contribution in [2.75, 3.05) is 26.3 Å². The summed E-state index contributed by atoms with van der Waals surface area (Å²) in [6, 6.07) is 0. The first-order valence-corrected chi connectivity index (χ1v) is 4.29. The molecule has 0 spiro atoms. The molecule has 10 heavy (non-hydrogen) atoms. The number of hydrogen-bond donors (Lipinski definition) is 0. The van der Waals surface area contributed by atoms with E-state index in [9.17, 15) is 0 Å². The average molecular weight is 160 g/mol. The first-order chi connectivity index (χ1) is 4.84. The molecule has 0 N–H and O–H groups in total. The molecule has 0 aromatic rings.